The average molecular weight is 483 g/mol. The van der Waals surface area contributed by atoms with Gasteiger partial charge in [0.1, 0.15) is 4.32 Å². The molecule has 1 aromatic carbocycles. The number of likely N-dealkylation sites (tertiary alicyclic amines) is 1. The molecule has 1 amide bonds. The predicted molar refractivity (Wildman–Crippen MR) is 134 cm³/mol. The van der Waals surface area contributed by atoms with Gasteiger partial charge in [-0.2, -0.15) is 0 Å². The number of pyridine rings is 1. The van der Waals surface area contributed by atoms with Gasteiger partial charge in [0.15, 0.2) is 5.13 Å². The van der Waals surface area contributed by atoms with Crippen molar-refractivity contribution in [3.8, 4) is 11.3 Å². The first-order valence-electron chi connectivity index (χ1n) is 10.5. The van der Waals surface area contributed by atoms with E-state index >= 15 is 0 Å². The van der Waals surface area contributed by atoms with Gasteiger partial charge >= 0.3 is 0 Å². The summed E-state index contributed by atoms with van der Waals surface area (Å²) in [4.78, 5) is 31.4. The van der Waals surface area contributed by atoms with E-state index in [4.69, 9.17) is 12.2 Å². The van der Waals surface area contributed by atoms with Crippen LogP contribution in [0.1, 0.15) is 18.0 Å². The molecular weight excluding hydrogens is 460 g/mol. The van der Waals surface area contributed by atoms with Crippen molar-refractivity contribution in [3.63, 3.8) is 0 Å². The van der Waals surface area contributed by atoms with E-state index in [1.165, 1.54) is 23.1 Å². The largest absolute Gasteiger partial charge is 0.356 e. The highest BCUT2D eigenvalue weighted by Crippen LogP contribution is 2.36. The van der Waals surface area contributed by atoms with Crippen LogP contribution in [0.3, 0.4) is 0 Å². The Morgan fingerprint density at radius 2 is 2.00 bits per heavy atom. The number of nitrogens with zero attached hydrogens (tertiary/aromatic N) is 3. The molecule has 1 N–H and O–H groups in total. The monoisotopic (exact) mass is 482 g/mol. The second-order valence-corrected chi connectivity index (χ2v) is 10.6. The van der Waals surface area contributed by atoms with Gasteiger partial charge in [-0.1, -0.05) is 60.4 Å². The van der Waals surface area contributed by atoms with Gasteiger partial charge in [0.05, 0.1) is 11.4 Å². The molecule has 2 aliphatic heterocycles. The van der Waals surface area contributed by atoms with Gasteiger partial charge in [-0.05, 0) is 18.4 Å². The second kappa shape index (κ2) is 9.17. The highest BCUT2D eigenvalue weighted by Gasteiger charge is 2.35. The van der Waals surface area contributed by atoms with Crippen molar-refractivity contribution < 1.29 is 4.79 Å². The fourth-order valence-corrected chi connectivity index (χ4v) is 6.21. The summed E-state index contributed by atoms with van der Waals surface area (Å²) in [6, 6.07) is 15.4. The molecule has 0 aliphatic carbocycles. The number of hydrogen-bond donors (Lipinski definition) is 1. The van der Waals surface area contributed by atoms with Crippen LogP contribution < -0.4 is 10.9 Å². The third-order valence-corrected chi connectivity index (χ3v) is 8.17. The van der Waals surface area contributed by atoms with Gasteiger partial charge in [0.2, 0.25) is 5.91 Å². The van der Waals surface area contributed by atoms with Crippen molar-refractivity contribution >= 4 is 50.7 Å². The Morgan fingerprint density at radius 1 is 1.16 bits per heavy atom. The number of thioether (sulfide) groups is 1. The second-order valence-electron chi connectivity index (χ2n) is 8.11. The number of aromatic nitrogens is 2. The third kappa shape index (κ3) is 4.51. The molecule has 0 spiro atoms. The van der Waals surface area contributed by atoms with Crippen LogP contribution in [0, 0.1) is 5.92 Å². The van der Waals surface area contributed by atoms with Crippen LogP contribution in [0.2, 0.25) is 0 Å². The Bertz CT molecular complexity index is 1210. The number of hydrogen-bond acceptors (Lipinski definition) is 6. The van der Waals surface area contributed by atoms with Crippen LogP contribution in [0.15, 0.2) is 58.7 Å². The fraction of sp³-hybridized carbons (Fsp3) is 0.304. The summed E-state index contributed by atoms with van der Waals surface area (Å²) in [6.45, 7) is 2.36. The molecule has 164 valence electrons. The minimum atomic E-state index is -0.111. The SMILES string of the molecule is O=C(CSC(=S)N1CC2CC(C1)c1cccc(=O)n1C2)Nc1nc(-c2ccccc2)cs1. The number of benzene rings is 1. The van der Waals surface area contributed by atoms with E-state index < -0.39 is 0 Å². The van der Waals surface area contributed by atoms with Gasteiger partial charge in [-0.3, -0.25) is 9.59 Å². The molecule has 3 aromatic rings. The van der Waals surface area contributed by atoms with Crippen molar-refractivity contribution in [3.05, 3.63) is 70.0 Å². The minimum absolute atomic E-state index is 0.0804. The Morgan fingerprint density at radius 3 is 2.84 bits per heavy atom. The number of thiazole rings is 1. The van der Waals surface area contributed by atoms with Gasteiger partial charge in [-0.15, -0.1) is 11.3 Å². The Labute approximate surface area is 199 Å². The smallest absolute Gasteiger partial charge is 0.250 e. The average Bonchev–Trinajstić information content (AvgIpc) is 3.27. The molecule has 2 aromatic heterocycles. The van der Waals surface area contributed by atoms with E-state index in [0.29, 0.717) is 17.0 Å². The van der Waals surface area contributed by atoms with Crippen molar-refractivity contribution in [2.45, 2.75) is 18.9 Å². The molecule has 0 saturated carbocycles. The molecule has 9 heteroatoms. The number of rotatable bonds is 4. The van der Waals surface area contributed by atoms with Gasteiger partial charge in [0.25, 0.3) is 5.56 Å². The maximum atomic E-state index is 12.5. The Kier molecular flexibility index (Phi) is 6.12. The molecular formula is C23H22N4O2S3. The van der Waals surface area contributed by atoms with Gasteiger partial charge in [0, 0.05) is 48.3 Å². The molecule has 4 heterocycles. The molecule has 1 fully saturated rings. The number of piperidine rings is 1. The molecule has 2 unspecified atom stereocenters. The first kappa shape index (κ1) is 21.4. The third-order valence-electron chi connectivity index (χ3n) is 5.88. The molecule has 32 heavy (non-hydrogen) atoms. The normalized spacial score (nSPS) is 19.3. The van der Waals surface area contributed by atoms with Crippen molar-refractivity contribution in [2.75, 3.05) is 24.2 Å². The van der Waals surface area contributed by atoms with E-state index in [1.807, 2.05) is 52.4 Å². The molecule has 6 nitrogen and oxygen atoms in total. The van der Waals surface area contributed by atoms with Crippen molar-refractivity contribution in [2.24, 2.45) is 5.92 Å². The van der Waals surface area contributed by atoms with Crippen LogP contribution in [0.25, 0.3) is 11.3 Å². The molecule has 2 bridgehead atoms. The van der Waals surface area contributed by atoms with Crippen LogP contribution in [0.5, 0.6) is 0 Å². The molecule has 5 rings (SSSR count). The first-order chi connectivity index (χ1) is 15.6. The lowest BCUT2D eigenvalue weighted by molar-refractivity contribution is -0.113. The van der Waals surface area contributed by atoms with Crippen molar-refractivity contribution in [1.29, 1.82) is 0 Å². The lowest BCUT2D eigenvalue weighted by Crippen LogP contribution is -2.48. The zero-order valence-corrected chi connectivity index (χ0v) is 19.7. The maximum Gasteiger partial charge on any atom is 0.250 e. The van der Waals surface area contributed by atoms with Gasteiger partial charge in [-0.25, -0.2) is 4.98 Å². The number of fused-ring (bicyclic) bond motifs is 4. The van der Waals surface area contributed by atoms with Crippen LogP contribution in [-0.2, 0) is 11.3 Å². The van der Waals surface area contributed by atoms with Crippen molar-refractivity contribution in [1.82, 2.24) is 14.5 Å². The summed E-state index contributed by atoms with van der Waals surface area (Å²) < 4.78 is 2.66. The zero-order valence-electron chi connectivity index (χ0n) is 17.3. The summed E-state index contributed by atoms with van der Waals surface area (Å²) in [5.74, 6) is 0.845. The van der Waals surface area contributed by atoms with E-state index in [1.54, 1.807) is 6.07 Å². The number of nitrogens with one attached hydrogen (secondary N) is 1. The van der Waals surface area contributed by atoms with E-state index in [2.05, 4.69) is 15.2 Å². The van der Waals surface area contributed by atoms with E-state index in [0.717, 1.165) is 47.3 Å². The zero-order chi connectivity index (χ0) is 22.1. The summed E-state index contributed by atoms with van der Waals surface area (Å²) in [5, 5.41) is 5.42. The standard InChI is InChI=1S/C23H22N4O2S3/c28-20(25-22-24-18(13-31-22)16-5-2-1-3-6-16)14-32-23(30)26-10-15-9-17(12-26)19-7-4-8-21(29)27(19)11-15/h1-8,13,15,17H,9-12,14H2,(H,24,25,28). The van der Waals surface area contributed by atoms with Crippen LogP contribution in [-0.4, -0.2) is 43.5 Å². The predicted octanol–water partition coefficient (Wildman–Crippen LogP) is 4.05. The lowest BCUT2D eigenvalue weighted by atomic mass is 9.83. The number of amides is 1. The first-order valence-corrected chi connectivity index (χ1v) is 12.8. The van der Waals surface area contributed by atoms with E-state index in [-0.39, 0.29) is 17.2 Å². The van der Waals surface area contributed by atoms with Crippen LogP contribution >= 0.6 is 35.3 Å². The Hall–Kier alpha value is -2.49. The summed E-state index contributed by atoms with van der Waals surface area (Å²) in [5.41, 5.74) is 3.06. The number of anilines is 1. The fourth-order valence-electron chi connectivity index (χ4n) is 4.49. The Balaban J connectivity index is 1.16. The maximum absolute atomic E-state index is 12.5. The lowest BCUT2D eigenvalue weighted by Gasteiger charge is -2.43. The van der Waals surface area contributed by atoms with Crippen LogP contribution in [0.4, 0.5) is 5.13 Å². The minimum Gasteiger partial charge on any atom is -0.356 e. The molecule has 2 aliphatic rings. The summed E-state index contributed by atoms with van der Waals surface area (Å²) in [7, 11) is 0. The number of carbonyl (C=O) groups is 1. The molecule has 1 saturated heterocycles. The van der Waals surface area contributed by atoms with Gasteiger partial charge < -0.3 is 14.8 Å². The molecule has 0 radical (unpaired) electrons. The topological polar surface area (TPSA) is 67.2 Å². The number of carbonyl (C=O) groups excluding carboxylic acids is 1. The highest BCUT2D eigenvalue weighted by atomic mass is 32.2. The summed E-state index contributed by atoms with van der Waals surface area (Å²) in [6.07, 6.45) is 1.08. The summed E-state index contributed by atoms with van der Waals surface area (Å²) >= 11 is 8.46. The highest BCUT2D eigenvalue weighted by molar-refractivity contribution is 8.23. The van der Waals surface area contributed by atoms with E-state index in [9.17, 15) is 9.59 Å². The quantitative estimate of drug-likeness (QED) is 0.566. The molecule has 2 atom stereocenters. The number of thiocarbonyl (C=S) groups is 1.